The van der Waals surface area contributed by atoms with E-state index in [4.69, 9.17) is 5.73 Å². The quantitative estimate of drug-likeness (QED) is 0.736. The lowest BCUT2D eigenvalue weighted by atomic mass is 9.97. The molecule has 0 atom stereocenters. The lowest BCUT2D eigenvalue weighted by molar-refractivity contribution is -0.133. The molecule has 1 heterocycles. The van der Waals surface area contributed by atoms with E-state index in [-0.39, 0.29) is 11.5 Å². The van der Waals surface area contributed by atoms with Crippen molar-refractivity contribution in [3.05, 3.63) is 29.6 Å². The van der Waals surface area contributed by atoms with Crippen molar-refractivity contribution in [1.29, 1.82) is 0 Å². The molecule has 0 aliphatic carbocycles. The minimum absolute atomic E-state index is 0.109. The van der Waals surface area contributed by atoms with Crippen LogP contribution in [-0.4, -0.2) is 35.3 Å². The number of nitrogens with two attached hydrogens (primary N) is 1. The average Bonchev–Trinajstić information content (AvgIpc) is 2.35. The van der Waals surface area contributed by atoms with Gasteiger partial charge in [0, 0.05) is 18.8 Å². The highest BCUT2D eigenvalue weighted by molar-refractivity contribution is 6.00. The first-order valence-corrected chi connectivity index (χ1v) is 5.99. The predicted molar refractivity (Wildman–Crippen MR) is 68.9 cm³/mol. The molecule has 6 heteroatoms. The Hall–Kier alpha value is -2.11. The number of piperazine rings is 1. The van der Waals surface area contributed by atoms with E-state index in [1.807, 2.05) is 0 Å². The van der Waals surface area contributed by atoms with Crippen molar-refractivity contribution in [2.75, 3.05) is 18.8 Å². The van der Waals surface area contributed by atoms with Gasteiger partial charge in [-0.15, -0.1) is 0 Å². The first kappa shape index (κ1) is 13.3. The first-order chi connectivity index (χ1) is 8.84. The van der Waals surface area contributed by atoms with Gasteiger partial charge in [0.25, 0.3) is 5.91 Å². The summed E-state index contributed by atoms with van der Waals surface area (Å²) in [5.74, 6) is -1.41. The number of rotatable bonds is 1. The van der Waals surface area contributed by atoms with E-state index in [1.54, 1.807) is 13.8 Å². The Balaban J connectivity index is 2.38. The van der Waals surface area contributed by atoms with Crippen LogP contribution in [0.5, 0.6) is 0 Å². The van der Waals surface area contributed by atoms with Crippen LogP contribution >= 0.6 is 0 Å². The van der Waals surface area contributed by atoms with E-state index < -0.39 is 17.3 Å². The molecule has 0 aromatic heterocycles. The van der Waals surface area contributed by atoms with Crippen LogP contribution in [0.2, 0.25) is 0 Å². The Kier molecular flexibility index (Phi) is 3.18. The predicted octanol–water partition coefficient (Wildman–Crippen LogP) is 0.759. The third kappa shape index (κ3) is 2.25. The van der Waals surface area contributed by atoms with Gasteiger partial charge in [-0.25, -0.2) is 4.39 Å². The van der Waals surface area contributed by atoms with Gasteiger partial charge in [0.05, 0.1) is 5.56 Å². The molecule has 1 fully saturated rings. The lowest BCUT2D eigenvalue weighted by Crippen LogP contribution is -2.63. The number of hydrogen-bond acceptors (Lipinski definition) is 3. The largest absolute Gasteiger partial charge is 0.399 e. The molecule has 5 nitrogen and oxygen atoms in total. The van der Waals surface area contributed by atoms with Crippen LogP contribution in [0, 0.1) is 5.82 Å². The molecule has 1 aliphatic rings. The van der Waals surface area contributed by atoms with Crippen molar-refractivity contribution in [2.24, 2.45) is 0 Å². The minimum Gasteiger partial charge on any atom is -0.399 e. The third-order valence-electron chi connectivity index (χ3n) is 3.32. The van der Waals surface area contributed by atoms with Gasteiger partial charge in [-0.3, -0.25) is 9.59 Å². The van der Waals surface area contributed by atoms with E-state index >= 15 is 0 Å². The Morgan fingerprint density at radius 2 is 2.16 bits per heavy atom. The SMILES string of the molecule is CC1(C)C(=O)NCCN1C(=O)c1cc(N)ccc1F. The highest BCUT2D eigenvalue weighted by Crippen LogP contribution is 2.22. The van der Waals surface area contributed by atoms with Crippen molar-refractivity contribution >= 4 is 17.5 Å². The summed E-state index contributed by atoms with van der Waals surface area (Å²) < 4.78 is 13.7. The van der Waals surface area contributed by atoms with Gasteiger partial charge in [-0.05, 0) is 32.0 Å². The van der Waals surface area contributed by atoms with Gasteiger partial charge < -0.3 is 16.0 Å². The zero-order chi connectivity index (χ0) is 14.2. The topological polar surface area (TPSA) is 75.4 Å². The van der Waals surface area contributed by atoms with Crippen molar-refractivity contribution in [3.8, 4) is 0 Å². The maximum absolute atomic E-state index is 13.7. The van der Waals surface area contributed by atoms with Crippen LogP contribution in [-0.2, 0) is 4.79 Å². The Morgan fingerprint density at radius 3 is 2.84 bits per heavy atom. The van der Waals surface area contributed by atoms with Crippen molar-refractivity contribution in [2.45, 2.75) is 19.4 Å². The maximum atomic E-state index is 13.7. The van der Waals surface area contributed by atoms with E-state index in [0.717, 1.165) is 6.07 Å². The molecular formula is C13H16FN3O2. The summed E-state index contributed by atoms with van der Waals surface area (Å²) in [5.41, 5.74) is 4.77. The second kappa shape index (κ2) is 4.53. The summed E-state index contributed by atoms with van der Waals surface area (Å²) in [6, 6.07) is 3.83. The van der Waals surface area contributed by atoms with Crippen LogP contribution in [0.15, 0.2) is 18.2 Å². The van der Waals surface area contributed by atoms with Crippen LogP contribution in [0.1, 0.15) is 24.2 Å². The van der Waals surface area contributed by atoms with Gasteiger partial charge in [-0.1, -0.05) is 0 Å². The number of carbonyl (C=O) groups is 2. The summed E-state index contributed by atoms with van der Waals surface area (Å²) >= 11 is 0. The summed E-state index contributed by atoms with van der Waals surface area (Å²) in [6.45, 7) is 3.96. The second-order valence-corrected chi connectivity index (χ2v) is 5.01. The highest BCUT2D eigenvalue weighted by Gasteiger charge is 2.41. The fourth-order valence-corrected chi connectivity index (χ4v) is 2.11. The lowest BCUT2D eigenvalue weighted by Gasteiger charge is -2.41. The molecule has 1 aliphatic heterocycles. The van der Waals surface area contributed by atoms with E-state index in [2.05, 4.69) is 5.32 Å². The second-order valence-electron chi connectivity index (χ2n) is 5.01. The molecule has 102 valence electrons. The number of nitrogen functional groups attached to an aromatic ring is 1. The molecule has 0 radical (unpaired) electrons. The molecule has 0 saturated carbocycles. The number of anilines is 1. The number of carbonyl (C=O) groups excluding carboxylic acids is 2. The normalized spacial score (nSPS) is 18.1. The minimum atomic E-state index is -1.01. The summed E-state index contributed by atoms with van der Waals surface area (Å²) in [6.07, 6.45) is 0. The van der Waals surface area contributed by atoms with Gasteiger partial charge in [0.15, 0.2) is 0 Å². The highest BCUT2D eigenvalue weighted by atomic mass is 19.1. The molecule has 0 unspecified atom stereocenters. The van der Waals surface area contributed by atoms with Crippen LogP contribution < -0.4 is 11.1 Å². The van der Waals surface area contributed by atoms with Gasteiger partial charge >= 0.3 is 0 Å². The van der Waals surface area contributed by atoms with Crippen molar-refractivity contribution in [3.63, 3.8) is 0 Å². The fraction of sp³-hybridized carbons (Fsp3) is 0.385. The van der Waals surface area contributed by atoms with Gasteiger partial charge in [0.1, 0.15) is 11.4 Å². The molecule has 0 bridgehead atoms. The van der Waals surface area contributed by atoms with Crippen LogP contribution in [0.25, 0.3) is 0 Å². The van der Waals surface area contributed by atoms with E-state index in [9.17, 15) is 14.0 Å². The molecule has 2 amide bonds. The fourth-order valence-electron chi connectivity index (χ4n) is 2.11. The monoisotopic (exact) mass is 265 g/mol. The number of halogens is 1. The van der Waals surface area contributed by atoms with Gasteiger partial charge in [-0.2, -0.15) is 0 Å². The van der Waals surface area contributed by atoms with Gasteiger partial charge in [0.2, 0.25) is 5.91 Å². The smallest absolute Gasteiger partial charge is 0.257 e. The maximum Gasteiger partial charge on any atom is 0.257 e. The Morgan fingerprint density at radius 1 is 1.47 bits per heavy atom. The molecule has 1 aromatic carbocycles. The molecule has 2 rings (SSSR count). The number of benzene rings is 1. The Bertz CT molecular complexity index is 543. The zero-order valence-electron chi connectivity index (χ0n) is 10.9. The van der Waals surface area contributed by atoms with Crippen molar-refractivity contribution < 1.29 is 14.0 Å². The summed E-state index contributed by atoms with van der Waals surface area (Å²) in [5, 5.41) is 2.68. The number of amides is 2. The molecule has 1 saturated heterocycles. The molecule has 3 N–H and O–H groups in total. The number of nitrogens with one attached hydrogen (secondary N) is 1. The molecule has 1 aromatic rings. The Labute approximate surface area is 110 Å². The number of nitrogens with zero attached hydrogens (tertiary/aromatic N) is 1. The summed E-state index contributed by atoms with van der Waals surface area (Å²) in [7, 11) is 0. The molecule has 0 spiro atoms. The third-order valence-corrected chi connectivity index (χ3v) is 3.32. The molecule has 19 heavy (non-hydrogen) atoms. The van der Waals surface area contributed by atoms with Crippen LogP contribution in [0.3, 0.4) is 0 Å². The van der Waals surface area contributed by atoms with Crippen LogP contribution in [0.4, 0.5) is 10.1 Å². The summed E-state index contributed by atoms with van der Waals surface area (Å²) in [4.78, 5) is 25.5. The van der Waals surface area contributed by atoms with Crippen molar-refractivity contribution in [1.82, 2.24) is 10.2 Å². The first-order valence-electron chi connectivity index (χ1n) is 5.99. The average molecular weight is 265 g/mol. The standard InChI is InChI=1S/C13H16FN3O2/c1-13(2)12(19)16-5-6-17(13)11(18)9-7-8(15)3-4-10(9)14/h3-4,7H,5-6,15H2,1-2H3,(H,16,19). The van der Waals surface area contributed by atoms with E-state index in [1.165, 1.54) is 17.0 Å². The molecular weight excluding hydrogens is 249 g/mol. The zero-order valence-corrected chi connectivity index (χ0v) is 10.9. The van der Waals surface area contributed by atoms with E-state index in [0.29, 0.717) is 18.8 Å². The number of hydrogen-bond donors (Lipinski definition) is 2.